The van der Waals surface area contributed by atoms with Crippen molar-refractivity contribution in [3.05, 3.63) is 35.5 Å². The smallest absolute Gasteiger partial charge is 0.341 e. The molecule has 0 aliphatic heterocycles. The van der Waals surface area contributed by atoms with E-state index in [-0.39, 0.29) is 18.7 Å². The summed E-state index contributed by atoms with van der Waals surface area (Å²) in [6.45, 7) is 4.70. The highest BCUT2D eigenvalue weighted by molar-refractivity contribution is 6.05. The third-order valence-electron chi connectivity index (χ3n) is 3.59. The van der Waals surface area contributed by atoms with Crippen LogP contribution >= 0.6 is 0 Å². The molecule has 0 amide bonds. The van der Waals surface area contributed by atoms with E-state index in [1.165, 1.54) is 13.1 Å². The van der Waals surface area contributed by atoms with Gasteiger partial charge in [0.2, 0.25) is 0 Å². The van der Waals surface area contributed by atoms with E-state index >= 15 is 0 Å². The molecular formula is C17H20N2O5. The van der Waals surface area contributed by atoms with E-state index in [1.807, 2.05) is 19.1 Å². The minimum Gasteiger partial charge on any atom is -0.479 e. The first-order valence-electron chi connectivity index (χ1n) is 7.52. The number of pyridine rings is 1. The zero-order valence-corrected chi connectivity index (χ0v) is 13.8. The molecule has 0 fully saturated rings. The molecule has 128 valence electrons. The summed E-state index contributed by atoms with van der Waals surface area (Å²) >= 11 is 0. The van der Waals surface area contributed by atoms with E-state index < -0.39 is 17.5 Å². The van der Waals surface area contributed by atoms with Crippen molar-refractivity contribution in [2.24, 2.45) is 0 Å². The van der Waals surface area contributed by atoms with Gasteiger partial charge in [-0.3, -0.25) is 4.98 Å². The number of carboxylic acid groups (broad SMARTS) is 1. The van der Waals surface area contributed by atoms with Crippen molar-refractivity contribution in [2.45, 2.75) is 26.4 Å². The predicted octanol–water partition coefficient (Wildman–Crippen LogP) is 1.97. The molecule has 1 atom stereocenters. The number of benzene rings is 1. The summed E-state index contributed by atoms with van der Waals surface area (Å²) in [5.74, 6) is -1.92. The van der Waals surface area contributed by atoms with E-state index in [1.54, 1.807) is 13.0 Å². The van der Waals surface area contributed by atoms with Crippen LogP contribution in [-0.4, -0.2) is 45.9 Å². The molecule has 7 heteroatoms. The normalized spacial score (nSPS) is 13.3. The fraction of sp³-hybridized carbons (Fsp3) is 0.353. The minimum atomic E-state index is -1.98. The van der Waals surface area contributed by atoms with Gasteiger partial charge in [0, 0.05) is 11.6 Å². The van der Waals surface area contributed by atoms with Crippen LogP contribution in [0.25, 0.3) is 10.9 Å². The van der Waals surface area contributed by atoms with Crippen LogP contribution in [0, 0.1) is 6.92 Å². The number of carbonyl (C=O) groups excluding carboxylic acids is 1. The lowest BCUT2D eigenvalue weighted by Crippen LogP contribution is -2.42. The largest absolute Gasteiger partial charge is 0.479 e. The Bertz CT molecular complexity index is 786. The second kappa shape index (κ2) is 6.84. The van der Waals surface area contributed by atoms with Gasteiger partial charge >= 0.3 is 11.9 Å². The number of aromatic nitrogens is 1. The fourth-order valence-electron chi connectivity index (χ4n) is 2.20. The van der Waals surface area contributed by atoms with Crippen LogP contribution in [0.3, 0.4) is 0 Å². The summed E-state index contributed by atoms with van der Waals surface area (Å²) in [6, 6.07) is 5.53. The number of aliphatic hydroxyl groups is 1. The average molecular weight is 332 g/mol. The van der Waals surface area contributed by atoms with E-state index in [0.29, 0.717) is 16.6 Å². The maximum absolute atomic E-state index is 12.2. The van der Waals surface area contributed by atoms with Crippen LogP contribution in [-0.2, 0) is 9.53 Å². The predicted molar refractivity (Wildman–Crippen MR) is 89.2 cm³/mol. The Morgan fingerprint density at radius 2 is 2.08 bits per heavy atom. The highest BCUT2D eigenvalue weighted by Gasteiger charge is 2.30. The third kappa shape index (κ3) is 3.62. The van der Waals surface area contributed by atoms with Gasteiger partial charge in [-0.25, -0.2) is 9.59 Å². The zero-order valence-electron chi connectivity index (χ0n) is 13.8. The summed E-state index contributed by atoms with van der Waals surface area (Å²) in [5, 5.41) is 22.5. The van der Waals surface area contributed by atoms with Gasteiger partial charge in [-0.2, -0.15) is 0 Å². The van der Waals surface area contributed by atoms with Gasteiger partial charge in [0.15, 0.2) is 5.60 Å². The van der Waals surface area contributed by atoms with E-state index in [9.17, 15) is 14.7 Å². The Kier molecular flexibility index (Phi) is 5.04. The highest BCUT2D eigenvalue weighted by Crippen LogP contribution is 2.28. The Morgan fingerprint density at radius 1 is 1.38 bits per heavy atom. The molecule has 1 heterocycles. The van der Waals surface area contributed by atoms with Gasteiger partial charge in [-0.05, 0) is 32.9 Å². The minimum absolute atomic E-state index is 0.191. The molecule has 24 heavy (non-hydrogen) atoms. The van der Waals surface area contributed by atoms with Gasteiger partial charge in [0.1, 0.15) is 5.56 Å². The standard InChI is InChI=1S/C17H20N2O5/c1-4-24-15(20)12-8-18-13-6-5-10(2)7-11(13)14(12)19-9-17(3,23)16(21)22/h5-8,23H,4,9H2,1-3H3,(H,18,19)(H,21,22). The van der Waals surface area contributed by atoms with Gasteiger partial charge in [-0.1, -0.05) is 11.6 Å². The Morgan fingerprint density at radius 3 is 2.71 bits per heavy atom. The molecule has 1 aromatic heterocycles. The molecule has 0 aliphatic rings. The molecule has 0 saturated heterocycles. The number of hydrogen-bond donors (Lipinski definition) is 3. The second-order valence-electron chi connectivity index (χ2n) is 5.72. The number of nitrogens with one attached hydrogen (secondary N) is 1. The van der Waals surface area contributed by atoms with Crippen molar-refractivity contribution in [1.82, 2.24) is 4.98 Å². The lowest BCUT2D eigenvalue weighted by atomic mass is 10.0. The van der Waals surface area contributed by atoms with Crippen LogP contribution < -0.4 is 5.32 Å². The molecule has 3 N–H and O–H groups in total. The Balaban J connectivity index is 2.53. The zero-order chi connectivity index (χ0) is 17.9. The van der Waals surface area contributed by atoms with E-state index in [2.05, 4.69) is 10.3 Å². The fourth-order valence-corrected chi connectivity index (χ4v) is 2.20. The van der Waals surface area contributed by atoms with Crippen LogP contribution in [0.4, 0.5) is 5.69 Å². The number of ether oxygens (including phenoxy) is 1. The maximum atomic E-state index is 12.2. The summed E-state index contributed by atoms with van der Waals surface area (Å²) in [5.41, 5.74) is 0.204. The number of hydrogen-bond acceptors (Lipinski definition) is 6. The van der Waals surface area contributed by atoms with Crippen LogP contribution in [0.15, 0.2) is 24.4 Å². The van der Waals surface area contributed by atoms with E-state index in [4.69, 9.17) is 9.84 Å². The molecule has 0 radical (unpaired) electrons. The van der Waals surface area contributed by atoms with Crippen LogP contribution in [0.1, 0.15) is 29.8 Å². The Labute approximate surface area is 139 Å². The second-order valence-corrected chi connectivity index (χ2v) is 5.72. The molecule has 0 bridgehead atoms. The quantitative estimate of drug-likeness (QED) is 0.694. The molecule has 7 nitrogen and oxygen atoms in total. The van der Waals surface area contributed by atoms with Crippen LogP contribution in [0.5, 0.6) is 0 Å². The van der Waals surface area contributed by atoms with Gasteiger partial charge in [-0.15, -0.1) is 0 Å². The molecule has 0 saturated carbocycles. The van der Waals surface area contributed by atoms with Crippen molar-refractivity contribution in [3.8, 4) is 0 Å². The summed E-state index contributed by atoms with van der Waals surface area (Å²) < 4.78 is 5.03. The lowest BCUT2D eigenvalue weighted by Gasteiger charge is -2.21. The molecule has 0 aliphatic carbocycles. The van der Waals surface area contributed by atoms with Crippen molar-refractivity contribution in [1.29, 1.82) is 0 Å². The first-order chi connectivity index (χ1) is 11.3. The summed E-state index contributed by atoms with van der Waals surface area (Å²) in [4.78, 5) is 27.5. The summed E-state index contributed by atoms with van der Waals surface area (Å²) in [7, 11) is 0. The maximum Gasteiger partial charge on any atom is 0.341 e. The number of anilines is 1. The first kappa shape index (κ1) is 17.7. The number of carbonyl (C=O) groups is 2. The molecule has 2 rings (SSSR count). The van der Waals surface area contributed by atoms with Gasteiger partial charge in [0.25, 0.3) is 0 Å². The number of nitrogens with zero attached hydrogens (tertiary/aromatic N) is 1. The third-order valence-corrected chi connectivity index (χ3v) is 3.59. The molecule has 2 aromatic rings. The first-order valence-corrected chi connectivity index (χ1v) is 7.52. The number of aryl methyl sites for hydroxylation is 1. The Hall–Kier alpha value is -2.67. The van der Waals surface area contributed by atoms with Crippen molar-refractivity contribution in [2.75, 3.05) is 18.5 Å². The number of aliphatic carboxylic acids is 1. The number of esters is 1. The molecular weight excluding hydrogens is 312 g/mol. The topological polar surface area (TPSA) is 109 Å². The SMILES string of the molecule is CCOC(=O)c1cnc2ccc(C)cc2c1NCC(C)(O)C(=O)O. The van der Waals surface area contributed by atoms with Crippen LogP contribution in [0.2, 0.25) is 0 Å². The van der Waals surface area contributed by atoms with Crippen molar-refractivity contribution >= 4 is 28.5 Å². The van der Waals surface area contributed by atoms with E-state index in [0.717, 1.165) is 5.56 Å². The highest BCUT2D eigenvalue weighted by atomic mass is 16.5. The monoisotopic (exact) mass is 332 g/mol. The van der Waals surface area contributed by atoms with Gasteiger partial charge in [0.05, 0.1) is 24.4 Å². The van der Waals surface area contributed by atoms with Crippen molar-refractivity contribution in [3.63, 3.8) is 0 Å². The molecule has 1 aromatic carbocycles. The molecule has 1 unspecified atom stereocenters. The molecule has 0 spiro atoms. The number of rotatable bonds is 6. The average Bonchev–Trinajstić information content (AvgIpc) is 2.52. The van der Waals surface area contributed by atoms with Crippen molar-refractivity contribution < 1.29 is 24.5 Å². The summed E-state index contributed by atoms with van der Waals surface area (Å²) in [6.07, 6.45) is 1.38. The number of fused-ring (bicyclic) bond motifs is 1. The van der Waals surface area contributed by atoms with Gasteiger partial charge < -0.3 is 20.3 Å². The lowest BCUT2D eigenvalue weighted by molar-refractivity contribution is -0.155. The number of carboxylic acids is 1.